The van der Waals surface area contributed by atoms with Crippen molar-refractivity contribution in [3.63, 3.8) is 0 Å². The van der Waals surface area contributed by atoms with Gasteiger partial charge in [0.1, 0.15) is 0 Å². The van der Waals surface area contributed by atoms with Crippen LogP contribution in [-0.4, -0.2) is 25.7 Å². The van der Waals surface area contributed by atoms with Crippen LogP contribution in [0, 0.1) is 20.8 Å². The van der Waals surface area contributed by atoms with Gasteiger partial charge in [-0.25, -0.2) is 4.98 Å². The molecule has 0 radical (unpaired) electrons. The molecule has 0 saturated carbocycles. The first-order valence-corrected chi connectivity index (χ1v) is 10.7. The molecule has 4 rings (SSSR count). The topological polar surface area (TPSA) is 56.9 Å². The summed E-state index contributed by atoms with van der Waals surface area (Å²) in [6.45, 7) is 5.90. The molecule has 4 aromatic rings. The first-order chi connectivity index (χ1) is 14.4. The molecule has 30 heavy (non-hydrogen) atoms. The molecule has 0 N–H and O–H groups in total. The highest BCUT2D eigenvalue weighted by Crippen LogP contribution is 2.25. The predicted octanol–water partition coefficient (Wildman–Crippen LogP) is 4.62. The fourth-order valence-corrected chi connectivity index (χ4v) is 4.47. The molecule has 0 bridgehead atoms. The van der Waals surface area contributed by atoms with Gasteiger partial charge in [0.15, 0.2) is 10.9 Å². The van der Waals surface area contributed by atoms with E-state index in [1.165, 1.54) is 11.8 Å². The van der Waals surface area contributed by atoms with Crippen LogP contribution in [0.4, 0.5) is 0 Å². The Morgan fingerprint density at radius 1 is 1.03 bits per heavy atom. The number of rotatable bonds is 5. The highest BCUT2D eigenvalue weighted by molar-refractivity contribution is 7.99. The van der Waals surface area contributed by atoms with E-state index in [9.17, 15) is 9.59 Å². The summed E-state index contributed by atoms with van der Waals surface area (Å²) in [5, 5.41) is 1.08. The highest BCUT2D eigenvalue weighted by atomic mass is 32.2. The SMILES string of the molecule is Cc1ccccc1-n1c(SCC(=O)c2cc(C)n(C)c2C)nc2ccccc2c1=O. The molecule has 0 aliphatic rings. The van der Waals surface area contributed by atoms with E-state index in [1.54, 1.807) is 10.6 Å². The molecule has 2 aromatic carbocycles. The van der Waals surface area contributed by atoms with Crippen LogP contribution in [0.2, 0.25) is 0 Å². The van der Waals surface area contributed by atoms with Gasteiger partial charge < -0.3 is 4.57 Å². The number of aromatic nitrogens is 3. The van der Waals surface area contributed by atoms with Crippen molar-refractivity contribution in [1.29, 1.82) is 0 Å². The number of thioether (sulfide) groups is 1. The van der Waals surface area contributed by atoms with Gasteiger partial charge in [0, 0.05) is 24.0 Å². The monoisotopic (exact) mass is 417 g/mol. The van der Waals surface area contributed by atoms with Crippen molar-refractivity contribution < 1.29 is 4.79 Å². The molecular formula is C24H23N3O2S. The van der Waals surface area contributed by atoms with E-state index < -0.39 is 0 Å². The van der Waals surface area contributed by atoms with E-state index in [0.29, 0.717) is 21.6 Å². The molecule has 0 unspecified atom stereocenters. The largest absolute Gasteiger partial charge is 0.351 e. The molecule has 0 saturated heterocycles. The molecule has 0 spiro atoms. The summed E-state index contributed by atoms with van der Waals surface area (Å²) in [5.41, 5.74) is 4.96. The standard InChI is InChI=1S/C24H23N3O2S/c1-15-9-5-8-12-21(15)27-23(29)18-10-6-7-11-20(18)25-24(27)30-14-22(28)19-13-16(2)26(4)17(19)3/h5-13H,14H2,1-4H3. The van der Waals surface area contributed by atoms with Gasteiger partial charge in [-0.1, -0.05) is 42.1 Å². The molecule has 5 nitrogen and oxygen atoms in total. The van der Waals surface area contributed by atoms with Gasteiger partial charge >= 0.3 is 0 Å². The molecule has 6 heteroatoms. The fraction of sp³-hybridized carbons (Fsp3) is 0.208. The second kappa shape index (κ2) is 7.95. The number of aryl methyl sites for hydroxylation is 2. The van der Waals surface area contributed by atoms with Gasteiger partial charge in [0.25, 0.3) is 5.56 Å². The second-order valence-electron chi connectivity index (χ2n) is 7.39. The molecule has 2 heterocycles. The number of hydrogen-bond acceptors (Lipinski definition) is 4. The van der Waals surface area contributed by atoms with Crippen LogP contribution in [0.25, 0.3) is 16.6 Å². The number of fused-ring (bicyclic) bond motifs is 1. The average molecular weight is 418 g/mol. The van der Waals surface area contributed by atoms with Crippen LogP contribution in [0.15, 0.2) is 64.5 Å². The number of Topliss-reactive ketones (excluding diaryl/α,β-unsaturated/α-hetero) is 1. The van der Waals surface area contributed by atoms with E-state index in [1.807, 2.05) is 80.9 Å². The Morgan fingerprint density at radius 2 is 1.73 bits per heavy atom. The van der Waals surface area contributed by atoms with Crippen molar-refractivity contribution in [1.82, 2.24) is 14.1 Å². The lowest BCUT2D eigenvalue weighted by molar-refractivity contribution is 0.102. The average Bonchev–Trinajstić information content (AvgIpc) is 3.00. The van der Waals surface area contributed by atoms with Gasteiger partial charge in [-0.15, -0.1) is 0 Å². The highest BCUT2D eigenvalue weighted by Gasteiger charge is 2.18. The number of benzene rings is 2. The molecule has 0 aliphatic carbocycles. The van der Waals surface area contributed by atoms with Crippen LogP contribution in [-0.2, 0) is 7.05 Å². The molecule has 2 aromatic heterocycles. The maximum Gasteiger partial charge on any atom is 0.266 e. The zero-order chi connectivity index (χ0) is 21.4. The number of carbonyl (C=O) groups is 1. The van der Waals surface area contributed by atoms with E-state index in [0.717, 1.165) is 22.6 Å². The molecule has 0 fully saturated rings. The number of ketones is 1. The van der Waals surface area contributed by atoms with Gasteiger partial charge in [-0.2, -0.15) is 0 Å². The quantitative estimate of drug-likeness (QED) is 0.270. The Balaban J connectivity index is 1.79. The third kappa shape index (κ3) is 3.48. The number of carbonyl (C=O) groups excluding carboxylic acids is 1. The lowest BCUT2D eigenvalue weighted by atomic mass is 10.2. The first-order valence-electron chi connectivity index (χ1n) is 9.75. The lowest BCUT2D eigenvalue weighted by Gasteiger charge is -2.15. The number of nitrogens with zero attached hydrogens (tertiary/aromatic N) is 3. The summed E-state index contributed by atoms with van der Waals surface area (Å²) in [7, 11) is 1.95. The van der Waals surface area contributed by atoms with Gasteiger partial charge in [-0.05, 0) is 50.6 Å². The number of hydrogen-bond donors (Lipinski definition) is 0. The number of para-hydroxylation sites is 2. The van der Waals surface area contributed by atoms with Crippen LogP contribution in [0.3, 0.4) is 0 Å². The molecule has 0 amide bonds. The summed E-state index contributed by atoms with van der Waals surface area (Å²) in [4.78, 5) is 31.0. The van der Waals surface area contributed by atoms with Crippen molar-refractivity contribution in [3.05, 3.63) is 87.5 Å². The first kappa shape index (κ1) is 20.2. The van der Waals surface area contributed by atoms with E-state index >= 15 is 0 Å². The second-order valence-corrected chi connectivity index (χ2v) is 8.34. The predicted molar refractivity (Wildman–Crippen MR) is 122 cm³/mol. The van der Waals surface area contributed by atoms with Crippen LogP contribution >= 0.6 is 11.8 Å². The maximum atomic E-state index is 13.3. The van der Waals surface area contributed by atoms with Crippen molar-refractivity contribution >= 4 is 28.4 Å². The van der Waals surface area contributed by atoms with Gasteiger partial charge in [0.2, 0.25) is 0 Å². The Kier molecular flexibility index (Phi) is 5.35. The Labute approximate surface area is 179 Å². The van der Waals surface area contributed by atoms with Crippen molar-refractivity contribution in [2.45, 2.75) is 25.9 Å². The third-order valence-electron chi connectivity index (χ3n) is 5.51. The molecule has 0 aliphatic heterocycles. The summed E-state index contributed by atoms with van der Waals surface area (Å²) >= 11 is 1.30. The van der Waals surface area contributed by atoms with E-state index in [4.69, 9.17) is 4.98 Å². The summed E-state index contributed by atoms with van der Waals surface area (Å²) in [6, 6.07) is 16.9. The Bertz CT molecular complexity index is 1330. The smallest absolute Gasteiger partial charge is 0.266 e. The minimum atomic E-state index is -0.128. The van der Waals surface area contributed by atoms with Crippen molar-refractivity contribution in [3.8, 4) is 5.69 Å². The normalized spacial score (nSPS) is 11.2. The Hall–Kier alpha value is -3.12. The van der Waals surface area contributed by atoms with Crippen LogP contribution in [0.1, 0.15) is 27.3 Å². The van der Waals surface area contributed by atoms with Gasteiger partial charge in [0.05, 0.1) is 22.3 Å². The zero-order valence-electron chi connectivity index (χ0n) is 17.5. The third-order valence-corrected chi connectivity index (χ3v) is 6.45. The van der Waals surface area contributed by atoms with E-state index in [2.05, 4.69) is 0 Å². The minimum absolute atomic E-state index is 0.0277. The summed E-state index contributed by atoms with van der Waals surface area (Å²) in [5.74, 6) is 0.237. The maximum absolute atomic E-state index is 13.3. The van der Waals surface area contributed by atoms with Crippen molar-refractivity contribution in [2.24, 2.45) is 7.05 Å². The zero-order valence-corrected chi connectivity index (χ0v) is 18.3. The van der Waals surface area contributed by atoms with Crippen molar-refractivity contribution in [2.75, 3.05) is 5.75 Å². The van der Waals surface area contributed by atoms with Crippen LogP contribution < -0.4 is 5.56 Å². The molecule has 0 atom stereocenters. The van der Waals surface area contributed by atoms with Crippen LogP contribution in [0.5, 0.6) is 0 Å². The summed E-state index contributed by atoms with van der Waals surface area (Å²) in [6.07, 6.45) is 0. The molecule has 152 valence electrons. The summed E-state index contributed by atoms with van der Waals surface area (Å²) < 4.78 is 3.63. The van der Waals surface area contributed by atoms with E-state index in [-0.39, 0.29) is 17.1 Å². The van der Waals surface area contributed by atoms with Gasteiger partial charge in [-0.3, -0.25) is 14.2 Å². The minimum Gasteiger partial charge on any atom is -0.351 e. The fourth-order valence-electron chi connectivity index (χ4n) is 3.58. The Morgan fingerprint density at radius 3 is 2.43 bits per heavy atom. The lowest BCUT2D eigenvalue weighted by Crippen LogP contribution is -2.23. The molecular weight excluding hydrogens is 394 g/mol.